The fourth-order valence-corrected chi connectivity index (χ4v) is 1.21. The molecule has 1 rings (SSSR count). The number of amides is 1. The van der Waals surface area contributed by atoms with Gasteiger partial charge >= 0.3 is 6.36 Å². The highest BCUT2D eigenvalue weighted by atomic mass is 35.5. The number of hydrogen-bond acceptors (Lipinski definition) is 2. The Kier molecular flexibility index (Phi) is 3.64. The van der Waals surface area contributed by atoms with Gasteiger partial charge in [0.25, 0.3) is 0 Å². The fraction of sp³-hybridized carbons (Fsp3) is 0.222. The van der Waals surface area contributed by atoms with E-state index in [1.165, 1.54) is 19.1 Å². The summed E-state index contributed by atoms with van der Waals surface area (Å²) in [5.74, 6) is -0.858. The van der Waals surface area contributed by atoms with Gasteiger partial charge in [0.05, 0.1) is 5.02 Å². The van der Waals surface area contributed by atoms with Crippen molar-refractivity contribution in [1.82, 2.24) is 0 Å². The Morgan fingerprint density at radius 3 is 2.50 bits per heavy atom. The van der Waals surface area contributed by atoms with Gasteiger partial charge in [0.2, 0.25) is 5.91 Å². The number of halogens is 4. The fourth-order valence-electron chi connectivity index (χ4n) is 0.989. The van der Waals surface area contributed by atoms with Gasteiger partial charge in [-0.3, -0.25) is 4.79 Å². The van der Waals surface area contributed by atoms with Gasteiger partial charge in [-0.1, -0.05) is 11.6 Å². The van der Waals surface area contributed by atoms with Crippen LogP contribution in [0.15, 0.2) is 18.2 Å². The Morgan fingerprint density at radius 1 is 1.44 bits per heavy atom. The number of carbonyl (C=O) groups excluding carboxylic acids is 1. The van der Waals surface area contributed by atoms with Gasteiger partial charge in [0.15, 0.2) is 0 Å². The highest BCUT2D eigenvalue weighted by Crippen LogP contribution is 2.31. The van der Waals surface area contributed by atoms with Gasteiger partial charge in [-0.15, -0.1) is 13.2 Å². The summed E-state index contributed by atoms with van der Waals surface area (Å²) >= 11 is 5.54. The second kappa shape index (κ2) is 4.61. The first kappa shape index (κ1) is 12.6. The van der Waals surface area contributed by atoms with Crippen LogP contribution in [0.1, 0.15) is 6.92 Å². The smallest absolute Gasteiger partial charge is 0.404 e. The van der Waals surface area contributed by atoms with Crippen molar-refractivity contribution in [3.8, 4) is 5.75 Å². The Hall–Kier alpha value is -1.43. The molecule has 0 radical (unpaired) electrons. The molecule has 88 valence electrons. The third kappa shape index (κ3) is 3.98. The van der Waals surface area contributed by atoms with Crippen LogP contribution < -0.4 is 10.1 Å². The molecule has 0 spiro atoms. The minimum absolute atomic E-state index is 0.233. The first-order valence-corrected chi connectivity index (χ1v) is 4.48. The molecule has 1 aromatic carbocycles. The van der Waals surface area contributed by atoms with Gasteiger partial charge in [-0.25, -0.2) is 0 Å². The molecule has 1 aromatic rings. The third-order valence-corrected chi connectivity index (χ3v) is 1.77. The molecule has 0 saturated heterocycles. The second-order valence-corrected chi connectivity index (χ2v) is 3.28. The zero-order chi connectivity index (χ0) is 12.3. The van der Waals surface area contributed by atoms with E-state index in [1.807, 2.05) is 0 Å². The lowest BCUT2D eigenvalue weighted by molar-refractivity contribution is -0.274. The molecule has 1 amide bonds. The molecule has 0 unspecified atom stereocenters. The molecule has 0 aromatic heterocycles. The van der Waals surface area contributed by atoms with E-state index in [1.54, 1.807) is 0 Å². The molecular formula is C9H7ClF3NO2. The van der Waals surface area contributed by atoms with Crippen LogP contribution in [0.3, 0.4) is 0 Å². The van der Waals surface area contributed by atoms with Crippen molar-refractivity contribution < 1.29 is 22.7 Å². The molecule has 0 bridgehead atoms. The molecule has 0 aliphatic heterocycles. The van der Waals surface area contributed by atoms with E-state index in [0.29, 0.717) is 5.69 Å². The molecule has 7 heteroatoms. The summed E-state index contributed by atoms with van der Waals surface area (Å²) in [6.07, 6.45) is -4.79. The van der Waals surface area contributed by atoms with E-state index < -0.39 is 12.1 Å². The molecule has 1 N–H and O–H groups in total. The number of hydrogen-bond donors (Lipinski definition) is 1. The van der Waals surface area contributed by atoms with Crippen LogP contribution in [0.25, 0.3) is 0 Å². The van der Waals surface area contributed by atoms with E-state index in [-0.39, 0.29) is 10.9 Å². The summed E-state index contributed by atoms with van der Waals surface area (Å²) < 4.78 is 39.3. The maximum absolute atomic E-state index is 11.9. The molecule has 0 atom stereocenters. The minimum Gasteiger partial charge on any atom is -0.404 e. The minimum atomic E-state index is -4.79. The Labute approximate surface area is 94.2 Å². The van der Waals surface area contributed by atoms with Crippen molar-refractivity contribution >= 4 is 23.2 Å². The van der Waals surface area contributed by atoms with Crippen molar-refractivity contribution in [3.63, 3.8) is 0 Å². The lowest BCUT2D eigenvalue weighted by atomic mass is 10.3. The Morgan fingerprint density at radius 2 is 2.06 bits per heavy atom. The van der Waals surface area contributed by atoms with Crippen LogP contribution in [0.5, 0.6) is 5.75 Å². The quantitative estimate of drug-likeness (QED) is 0.879. The standard InChI is InChI=1S/C9H7ClF3NO2/c1-5(15)14-6-2-3-8(7(10)4-6)16-9(11,12)13/h2-4H,1H3,(H,14,15). The normalized spacial score (nSPS) is 11.1. The molecule has 16 heavy (non-hydrogen) atoms. The summed E-state index contributed by atoms with van der Waals surface area (Å²) in [4.78, 5) is 10.7. The Balaban J connectivity index is 2.87. The zero-order valence-electron chi connectivity index (χ0n) is 8.06. The van der Waals surface area contributed by atoms with Crippen LogP contribution in [0, 0.1) is 0 Å². The summed E-state index contributed by atoms with van der Waals surface area (Å²) in [6, 6.07) is 3.46. The first-order valence-electron chi connectivity index (χ1n) is 4.11. The van der Waals surface area contributed by atoms with Gasteiger partial charge in [0.1, 0.15) is 5.75 Å². The maximum atomic E-state index is 11.9. The van der Waals surface area contributed by atoms with Crippen LogP contribution in [0.4, 0.5) is 18.9 Å². The number of anilines is 1. The number of ether oxygens (including phenoxy) is 1. The van der Waals surface area contributed by atoms with Gasteiger partial charge in [-0.05, 0) is 18.2 Å². The second-order valence-electron chi connectivity index (χ2n) is 2.87. The van der Waals surface area contributed by atoms with E-state index in [9.17, 15) is 18.0 Å². The summed E-state index contributed by atoms with van der Waals surface area (Å²) in [6.45, 7) is 1.27. The average molecular weight is 254 g/mol. The van der Waals surface area contributed by atoms with Crippen molar-refractivity contribution in [2.45, 2.75) is 13.3 Å². The highest BCUT2D eigenvalue weighted by Gasteiger charge is 2.32. The molecule has 0 aliphatic carbocycles. The number of carbonyl (C=O) groups is 1. The van der Waals surface area contributed by atoms with Crippen molar-refractivity contribution in [1.29, 1.82) is 0 Å². The van der Waals surface area contributed by atoms with Crippen molar-refractivity contribution in [3.05, 3.63) is 23.2 Å². The molecule has 0 saturated carbocycles. The van der Waals surface area contributed by atoms with Crippen LogP contribution in [-0.4, -0.2) is 12.3 Å². The lowest BCUT2D eigenvalue weighted by Crippen LogP contribution is -2.17. The van der Waals surface area contributed by atoms with E-state index in [2.05, 4.69) is 10.1 Å². The zero-order valence-corrected chi connectivity index (χ0v) is 8.82. The number of nitrogens with one attached hydrogen (secondary N) is 1. The third-order valence-electron chi connectivity index (χ3n) is 1.48. The first-order chi connectivity index (χ1) is 7.28. The number of rotatable bonds is 2. The molecular weight excluding hydrogens is 247 g/mol. The van der Waals surface area contributed by atoms with Crippen molar-refractivity contribution in [2.75, 3.05) is 5.32 Å². The maximum Gasteiger partial charge on any atom is 0.573 e. The monoisotopic (exact) mass is 253 g/mol. The van der Waals surface area contributed by atoms with Crippen LogP contribution in [0.2, 0.25) is 5.02 Å². The summed E-state index contributed by atoms with van der Waals surface area (Å²) in [5.41, 5.74) is 0.298. The number of alkyl halides is 3. The van der Waals surface area contributed by atoms with Gasteiger partial charge in [0, 0.05) is 12.6 Å². The lowest BCUT2D eigenvalue weighted by Gasteiger charge is -2.11. The average Bonchev–Trinajstić information content (AvgIpc) is 2.06. The molecule has 3 nitrogen and oxygen atoms in total. The Bertz CT molecular complexity index is 406. The van der Waals surface area contributed by atoms with Gasteiger partial charge < -0.3 is 10.1 Å². The predicted molar refractivity (Wildman–Crippen MR) is 52.4 cm³/mol. The molecule has 0 aliphatic rings. The van der Waals surface area contributed by atoms with Gasteiger partial charge in [-0.2, -0.15) is 0 Å². The SMILES string of the molecule is CC(=O)Nc1ccc(OC(F)(F)F)c(Cl)c1. The van der Waals surface area contributed by atoms with Crippen molar-refractivity contribution in [2.24, 2.45) is 0 Å². The van der Waals surface area contributed by atoms with E-state index in [4.69, 9.17) is 11.6 Å². The largest absolute Gasteiger partial charge is 0.573 e. The molecule has 0 heterocycles. The molecule has 0 fully saturated rings. The van der Waals surface area contributed by atoms with E-state index >= 15 is 0 Å². The highest BCUT2D eigenvalue weighted by molar-refractivity contribution is 6.32. The summed E-state index contributed by atoms with van der Waals surface area (Å²) in [7, 11) is 0. The number of benzene rings is 1. The summed E-state index contributed by atoms with van der Waals surface area (Å²) in [5, 5.41) is 2.14. The predicted octanol–water partition coefficient (Wildman–Crippen LogP) is 3.20. The van der Waals surface area contributed by atoms with Crippen LogP contribution >= 0.6 is 11.6 Å². The van der Waals surface area contributed by atoms with E-state index in [0.717, 1.165) is 6.07 Å². The van der Waals surface area contributed by atoms with Crippen LogP contribution in [-0.2, 0) is 4.79 Å². The topological polar surface area (TPSA) is 38.3 Å².